The lowest BCUT2D eigenvalue weighted by atomic mass is 10.2. The van der Waals surface area contributed by atoms with Crippen molar-refractivity contribution in [2.45, 2.75) is 26.8 Å². The maximum atomic E-state index is 13.0. The Balaban J connectivity index is 2.25. The Morgan fingerprint density at radius 2 is 2.15 bits per heavy atom. The molecule has 0 aliphatic heterocycles. The molecule has 0 aliphatic carbocycles. The summed E-state index contributed by atoms with van der Waals surface area (Å²) in [5.41, 5.74) is 1.99. The highest BCUT2D eigenvalue weighted by Crippen LogP contribution is 2.20. The summed E-state index contributed by atoms with van der Waals surface area (Å²) in [5.74, 6) is -0.553. The van der Waals surface area contributed by atoms with Crippen molar-refractivity contribution in [3.63, 3.8) is 0 Å². The van der Waals surface area contributed by atoms with Gasteiger partial charge in [0.25, 0.3) is 5.91 Å². The fourth-order valence-electron chi connectivity index (χ4n) is 1.84. The summed E-state index contributed by atoms with van der Waals surface area (Å²) in [5, 5.41) is 7.13. The first-order valence-electron chi connectivity index (χ1n) is 6.38. The first-order chi connectivity index (χ1) is 9.55. The molecule has 4 nitrogen and oxygen atoms in total. The zero-order chi connectivity index (χ0) is 14.7. The molecule has 0 radical (unpaired) electrons. The van der Waals surface area contributed by atoms with Gasteiger partial charge in [0.15, 0.2) is 0 Å². The topological polar surface area (TPSA) is 46.9 Å². The van der Waals surface area contributed by atoms with E-state index in [9.17, 15) is 9.18 Å². The first kappa shape index (κ1) is 15.0. The third-order valence-corrected chi connectivity index (χ3v) is 3.80. The van der Waals surface area contributed by atoms with Gasteiger partial charge in [0.05, 0.1) is 11.4 Å². The third-order valence-electron chi connectivity index (χ3n) is 2.90. The molecule has 1 N–H and O–H groups in total. The molecule has 2 rings (SSSR count). The smallest absolute Gasteiger partial charge is 0.273 e. The van der Waals surface area contributed by atoms with Crippen LogP contribution >= 0.6 is 22.6 Å². The maximum Gasteiger partial charge on any atom is 0.273 e. The van der Waals surface area contributed by atoms with Crippen molar-refractivity contribution in [3.05, 3.63) is 45.0 Å². The Labute approximate surface area is 130 Å². The van der Waals surface area contributed by atoms with Gasteiger partial charge in [-0.3, -0.25) is 9.48 Å². The average Bonchev–Trinajstić information content (AvgIpc) is 2.85. The lowest BCUT2D eigenvalue weighted by Gasteiger charge is -2.08. The number of carbonyl (C=O) groups is 1. The second kappa shape index (κ2) is 6.34. The van der Waals surface area contributed by atoms with Crippen molar-refractivity contribution < 1.29 is 9.18 Å². The van der Waals surface area contributed by atoms with Crippen LogP contribution in [0, 0.1) is 9.39 Å². The Hall–Kier alpha value is -1.44. The molecule has 0 spiro atoms. The fraction of sp³-hybridized carbons (Fsp3) is 0.286. The van der Waals surface area contributed by atoms with Crippen molar-refractivity contribution >= 4 is 34.2 Å². The average molecular weight is 387 g/mol. The number of aryl methyl sites for hydroxylation is 2. The van der Waals surface area contributed by atoms with Crippen molar-refractivity contribution in [2.24, 2.45) is 0 Å². The van der Waals surface area contributed by atoms with E-state index in [1.165, 1.54) is 12.1 Å². The number of rotatable bonds is 4. The van der Waals surface area contributed by atoms with E-state index in [2.05, 4.69) is 10.4 Å². The minimum atomic E-state index is -0.320. The second-order valence-electron chi connectivity index (χ2n) is 4.27. The van der Waals surface area contributed by atoms with Gasteiger partial charge in [0.2, 0.25) is 0 Å². The van der Waals surface area contributed by atoms with E-state index in [0.29, 0.717) is 21.5 Å². The lowest BCUT2D eigenvalue weighted by Crippen LogP contribution is -2.17. The van der Waals surface area contributed by atoms with E-state index in [1.807, 2.05) is 36.4 Å². The molecule has 2 aromatic rings. The van der Waals surface area contributed by atoms with Crippen LogP contribution < -0.4 is 5.32 Å². The van der Waals surface area contributed by atoms with Crippen molar-refractivity contribution in [1.29, 1.82) is 0 Å². The van der Waals surface area contributed by atoms with Crippen LogP contribution in [-0.4, -0.2) is 15.7 Å². The van der Waals surface area contributed by atoms with Crippen LogP contribution in [0.1, 0.15) is 30.0 Å². The minimum Gasteiger partial charge on any atom is -0.320 e. The SMILES string of the molecule is CCc1cc(C(=O)Nc2ccc(F)cc2I)n(CC)n1. The molecule has 0 atom stereocenters. The Morgan fingerprint density at radius 3 is 2.75 bits per heavy atom. The maximum absolute atomic E-state index is 13.0. The quantitative estimate of drug-likeness (QED) is 0.817. The zero-order valence-corrected chi connectivity index (χ0v) is 13.4. The van der Waals surface area contributed by atoms with E-state index < -0.39 is 0 Å². The van der Waals surface area contributed by atoms with Gasteiger partial charge in [-0.05, 0) is 60.2 Å². The van der Waals surface area contributed by atoms with Crippen LogP contribution in [0.4, 0.5) is 10.1 Å². The van der Waals surface area contributed by atoms with Crippen molar-refractivity contribution in [1.82, 2.24) is 9.78 Å². The van der Waals surface area contributed by atoms with Gasteiger partial charge < -0.3 is 5.32 Å². The van der Waals surface area contributed by atoms with Gasteiger partial charge in [-0.25, -0.2) is 4.39 Å². The van der Waals surface area contributed by atoms with Gasteiger partial charge in [-0.2, -0.15) is 5.10 Å². The molecular formula is C14H15FIN3O. The number of nitrogens with one attached hydrogen (secondary N) is 1. The van der Waals surface area contributed by atoms with Gasteiger partial charge >= 0.3 is 0 Å². The number of hydrogen-bond acceptors (Lipinski definition) is 2. The summed E-state index contributed by atoms with van der Waals surface area (Å²) in [7, 11) is 0. The summed E-state index contributed by atoms with van der Waals surface area (Å²) in [4.78, 5) is 12.3. The molecule has 1 aromatic carbocycles. The largest absolute Gasteiger partial charge is 0.320 e. The Morgan fingerprint density at radius 1 is 1.40 bits per heavy atom. The van der Waals surface area contributed by atoms with Crippen LogP contribution in [0.15, 0.2) is 24.3 Å². The van der Waals surface area contributed by atoms with Crippen LogP contribution in [0.2, 0.25) is 0 Å². The van der Waals surface area contributed by atoms with Gasteiger partial charge in [-0.15, -0.1) is 0 Å². The predicted octanol–water partition coefficient (Wildman–Crippen LogP) is 3.46. The molecule has 0 unspecified atom stereocenters. The van der Waals surface area contributed by atoms with E-state index in [-0.39, 0.29) is 11.7 Å². The fourth-order valence-corrected chi connectivity index (χ4v) is 2.46. The molecule has 0 fully saturated rings. The van der Waals surface area contributed by atoms with Crippen LogP contribution in [0.5, 0.6) is 0 Å². The molecule has 106 valence electrons. The van der Waals surface area contributed by atoms with E-state index in [1.54, 1.807) is 16.8 Å². The summed E-state index contributed by atoms with van der Waals surface area (Å²) < 4.78 is 15.4. The van der Waals surface area contributed by atoms with Crippen LogP contribution in [-0.2, 0) is 13.0 Å². The molecule has 0 saturated heterocycles. The number of halogens is 2. The number of anilines is 1. The number of aromatic nitrogens is 2. The van der Waals surface area contributed by atoms with Crippen molar-refractivity contribution in [2.75, 3.05) is 5.32 Å². The number of amides is 1. The third kappa shape index (κ3) is 3.17. The molecule has 0 saturated carbocycles. The number of benzene rings is 1. The molecule has 1 heterocycles. The minimum absolute atomic E-state index is 0.233. The van der Waals surface area contributed by atoms with Crippen molar-refractivity contribution in [3.8, 4) is 0 Å². The molecule has 0 bridgehead atoms. The van der Waals surface area contributed by atoms with Crippen LogP contribution in [0.25, 0.3) is 0 Å². The van der Waals surface area contributed by atoms with Gasteiger partial charge in [-0.1, -0.05) is 6.92 Å². The number of carbonyl (C=O) groups excluding carboxylic acids is 1. The monoisotopic (exact) mass is 387 g/mol. The summed E-state index contributed by atoms with van der Waals surface area (Å²) >= 11 is 1.99. The molecule has 1 amide bonds. The normalized spacial score (nSPS) is 10.6. The summed E-state index contributed by atoms with van der Waals surface area (Å²) in [6.45, 7) is 4.56. The van der Waals surface area contributed by atoms with E-state index >= 15 is 0 Å². The number of nitrogens with zero attached hydrogens (tertiary/aromatic N) is 2. The molecule has 0 aliphatic rings. The lowest BCUT2D eigenvalue weighted by molar-refractivity contribution is 0.101. The highest BCUT2D eigenvalue weighted by atomic mass is 127. The van der Waals surface area contributed by atoms with Gasteiger partial charge in [0, 0.05) is 10.1 Å². The van der Waals surface area contributed by atoms with E-state index in [0.717, 1.165) is 12.1 Å². The first-order valence-corrected chi connectivity index (χ1v) is 7.46. The van der Waals surface area contributed by atoms with Crippen LogP contribution in [0.3, 0.4) is 0 Å². The molecule has 6 heteroatoms. The van der Waals surface area contributed by atoms with Gasteiger partial charge in [0.1, 0.15) is 11.5 Å². The zero-order valence-electron chi connectivity index (χ0n) is 11.3. The molecule has 20 heavy (non-hydrogen) atoms. The summed E-state index contributed by atoms with van der Waals surface area (Å²) in [6, 6.07) is 6.05. The summed E-state index contributed by atoms with van der Waals surface area (Å²) in [6.07, 6.45) is 0.779. The Bertz CT molecular complexity index is 639. The Kier molecular flexibility index (Phi) is 4.74. The highest BCUT2D eigenvalue weighted by Gasteiger charge is 2.15. The van der Waals surface area contributed by atoms with E-state index in [4.69, 9.17) is 0 Å². The molecular weight excluding hydrogens is 372 g/mol. The number of hydrogen-bond donors (Lipinski definition) is 1. The standard InChI is InChI=1S/C14H15FIN3O/c1-3-10-8-13(19(4-2)18-10)14(20)17-12-6-5-9(15)7-11(12)16/h5-8H,3-4H2,1-2H3,(H,17,20). The molecule has 1 aromatic heterocycles. The predicted molar refractivity (Wildman–Crippen MR) is 84.3 cm³/mol. The highest BCUT2D eigenvalue weighted by molar-refractivity contribution is 14.1. The second-order valence-corrected chi connectivity index (χ2v) is 5.43.